The Morgan fingerprint density at radius 1 is 0.926 bits per heavy atom. The van der Waals surface area contributed by atoms with E-state index >= 15 is 0 Å². The highest BCUT2D eigenvalue weighted by atomic mass is 16.3. The molecule has 0 saturated heterocycles. The van der Waals surface area contributed by atoms with Crippen molar-refractivity contribution in [2.24, 2.45) is 0 Å². The minimum absolute atomic E-state index is 0.114. The summed E-state index contributed by atoms with van der Waals surface area (Å²) in [6, 6.07) is 16.2. The van der Waals surface area contributed by atoms with Crippen LogP contribution < -0.4 is 16.0 Å². The summed E-state index contributed by atoms with van der Waals surface area (Å²) in [5.41, 5.74) is 4.32. The summed E-state index contributed by atoms with van der Waals surface area (Å²) in [6.07, 6.45) is 1.45. The van der Waals surface area contributed by atoms with E-state index in [0.717, 1.165) is 22.5 Å². The molecule has 0 fully saturated rings. The van der Waals surface area contributed by atoms with E-state index in [2.05, 4.69) is 16.0 Å². The Hall–Kier alpha value is -3.54. The zero-order valence-corrected chi connectivity index (χ0v) is 15.2. The van der Waals surface area contributed by atoms with Gasteiger partial charge in [-0.2, -0.15) is 0 Å². The summed E-state index contributed by atoms with van der Waals surface area (Å²) in [5, 5.41) is 8.72. The average molecular weight is 363 g/mol. The minimum Gasteiger partial charge on any atom is -0.459 e. The first-order chi connectivity index (χ1) is 13.0. The predicted octanol–water partition coefficient (Wildman–Crippen LogP) is 4.20. The molecule has 3 rings (SSSR count). The van der Waals surface area contributed by atoms with Gasteiger partial charge in [-0.3, -0.25) is 9.59 Å². The molecule has 1 heterocycles. The molecule has 0 radical (unpaired) electrons. The van der Waals surface area contributed by atoms with Crippen LogP contribution in [-0.4, -0.2) is 18.4 Å². The summed E-state index contributed by atoms with van der Waals surface area (Å²) in [5.74, 6) is -0.236. The SMILES string of the molecule is Cc1cccc(NC(=O)CNc2cccc(NC(=O)c3ccco3)c2)c1C. The normalized spacial score (nSPS) is 10.3. The number of hydrogen-bond donors (Lipinski definition) is 3. The number of benzene rings is 2. The van der Waals surface area contributed by atoms with E-state index in [1.165, 1.54) is 6.26 Å². The summed E-state index contributed by atoms with van der Waals surface area (Å²) < 4.78 is 5.07. The lowest BCUT2D eigenvalue weighted by molar-refractivity contribution is -0.114. The van der Waals surface area contributed by atoms with Crippen molar-refractivity contribution >= 4 is 28.9 Å². The lowest BCUT2D eigenvalue weighted by Crippen LogP contribution is -2.22. The number of rotatable bonds is 6. The van der Waals surface area contributed by atoms with Gasteiger partial charge in [-0.05, 0) is 61.4 Å². The van der Waals surface area contributed by atoms with Crippen molar-refractivity contribution in [3.63, 3.8) is 0 Å². The van der Waals surface area contributed by atoms with Crippen LogP contribution in [0.3, 0.4) is 0 Å². The van der Waals surface area contributed by atoms with Crippen LogP contribution in [-0.2, 0) is 4.79 Å². The Morgan fingerprint density at radius 2 is 1.70 bits per heavy atom. The van der Waals surface area contributed by atoms with Gasteiger partial charge in [0.05, 0.1) is 12.8 Å². The van der Waals surface area contributed by atoms with Crippen LogP contribution in [0.25, 0.3) is 0 Å². The first-order valence-corrected chi connectivity index (χ1v) is 8.58. The number of anilines is 3. The number of amides is 2. The number of carbonyl (C=O) groups is 2. The molecule has 0 bridgehead atoms. The van der Waals surface area contributed by atoms with E-state index < -0.39 is 0 Å². The molecule has 3 aromatic rings. The van der Waals surface area contributed by atoms with Crippen molar-refractivity contribution in [3.8, 4) is 0 Å². The van der Waals surface area contributed by atoms with Crippen LogP contribution in [0, 0.1) is 13.8 Å². The van der Waals surface area contributed by atoms with Crippen molar-refractivity contribution < 1.29 is 14.0 Å². The maximum Gasteiger partial charge on any atom is 0.291 e. The topological polar surface area (TPSA) is 83.4 Å². The standard InChI is InChI=1S/C21H21N3O3/c1-14-6-3-9-18(15(14)2)24-20(25)13-22-16-7-4-8-17(12-16)23-21(26)19-10-5-11-27-19/h3-12,22H,13H2,1-2H3,(H,23,26)(H,24,25). The van der Waals surface area contributed by atoms with Gasteiger partial charge in [0.2, 0.25) is 5.91 Å². The van der Waals surface area contributed by atoms with Gasteiger partial charge >= 0.3 is 0 Å². The van der Waals surface area contributed by atoms with Gasteiger partial charge in [-0.1, -0.05) is 18.2 Å². The van der Waals surface area contributed by atoms with Crippen molar-refractivity contribution in [1.29, 1.82) is 0 Å². The summed E-state index contributed by atoms with van der Waals surface area (Å²) in [6.45, 7) is 4.10. The fourth-order valence-corrected chi connectivity index (χ4v) is 2.57. The van der Waals surface area contributed by atoms with E-state index in [9.17, 15) is 9.59 Å². The molecule has 6 nitrogen and oxygen atoms in total. The second-order valence-electron chi connectivity index (χ2n) is 6.16. The van der Waals surface area contributed by atoms with Crippen LogP contribution in [0.1, 0.15) is 21.7 Å². The van der Waals surface area contributed by atoms with Crippen LogP contribution in [0.5, 0.6) is 0 Å². The minimum atomic E-state index is -0.329. The highest BCUT2D eigenvalue weighted by Crippen LogP contribution is 2.19. The van der Waals surface area contributed by atoms with Gasteiger partial charge in [0.25, 0.3) is 5.91 Å². The molecular formula is C21H21N3O3. The molecule has 0 aliphatic rings. The summed E-state index contributed by atoms with van der Waals surface area (Å²) in [7, 11) is 0. The Morgan fingerprint density at radius 3 is 2.48 bits per heavy atom. The fraction of sp³-hybridized carbons (Fsp3) is 0.143. The number of carbonyl (C=O) groups excluding carboxylic acids is 2. The van der Waals surface area contributed by atoms with Crippen molar-refractivity contribution in [1.82, 2.24) is 0 Å². The molecule has 2 aromatic carbocycles. The van der Waals surface area contributed by atoms with Gasteiger partial charge in [-0.15, -0.1) is 0 Å². The maximum absolute atomic E-state index is 12.2. The molecule has 0 spiro atoms. The third kappa shape index (κ3) is 4.76. The number of hydrogen-bond acceptors (Lipinski definition) is 4. The molecule has 27 heavy (non-hydrogen) atoms. The van der Waals surface area contributed by atoms with E-state index in [1.807, 2.05) is 38.1 Å². The van der Waals surface area contributed by atoms with Gasteiger partial charge in [0.1, 0.15) is 0 Å². The van der Waals surface area contributed by atoms with Crippen LogP contribution in [0.2, 0.25) is 0 Å². The first kappa shape index (κ1) is 18.3. The van der Waals surface area contributed by atoms with Gasteiger partial charge < -0.3 is 20.4 Å². The van der Waals surface area contributed by atoms with E-state index in [-0.39, 0.29) is 24.1 Å². The molecule has 1 aromatic heterocycles. The van der Waals surface area contributed by atoms with Crippen molar-refractivity contribution in [2.45, 2.75) is 13.8 Å². The molecule has 0 aliphatic carbocycles. The quantitative estimate of drug-likeness (QED) is 0.613. The smallest absolute Gasteiger partial charge is 0.291 e. The Bertz CT molecular complexity index is 949. The summed E-state index contributed by atoms with van der Waals surface area (Å²) >= 11 is 0. The highest BCUT2D eigenvalue weighted by molar-refractivity contribution is 6.02. The maximum atomic E-state index is 12.2. The molecule has 0 unspecified atom stereocenters. The third-order valence-electron chi connectivity index (χ3n) is 4.20. The molecule has 6 heteroatoms. The van der Waals surface area contributed by atoms with Crippen molar-refractivity contribution in [3.05, 3.63) is 77.7 Å². The van der Waals surface area contributed by atoms with Crippen LogP contribution >= 0.6 is 0 Å². The lowest BCUT2D eigenvalue weighted by Gasteiger charge is -2.12. The average Bonchev–Trinajstić information content (AvgIpc) is 3.19. The van der Waals surface area contributed by atoms with E-state index in [0.29, 0.717) is 5.69 Å². The predicted molar refractivity (Wildman–Crippen MR) is 106 cm³/mol. The zero-order chi connectivity index (χ0) is 19.2. The fourth-order valence-electron chi connectivity index (χ4n) is 2.57. The van der Waals surface area contributed by atoms with Crippen LogP contribution in [0.15, 0.2) is 65.3 Å². The van der Waals surface area contributed by atoms with E-state index in [1.54, 1.807) is 30.3 Å². The zero-order valence-electron chi connectivity index (χ0n) is 15.2. The van der Waals surface area contributed by atoms with Gasteiger partial charge in [0.15, 0.2) is 5.76 Å². The van der Waals surface area contributed by atoms with Crippen LogP contribution in [0.4, 0.5) is 17.1 Å². The molecule has 2 amide bonds. The second-order valence-corrected chi connectivity index (χ2v) is 6.16. The van der Waals surface area contributed by atoms with Gasteiger partial charge in [-0.25, -0.2) is 0 Å². The number of nitrogens with one attached hydrogen (secondary N) is 3. The Balaban J connectivity index is 1.57. The molecule has 0 saturated carbocycles. The summed E-state index contributed by atoms with van der Waals surface area (Å²) in [4.78, 5) is 24.2. The number of aryl methyl sites for hydroxylation is 1. The molecule has 0 atom stereocenters. The highest BCUT2D eigenvalue weighted by Gasteiger charge is 2.09. The van der Waals surface area contributed by atoms with Gasteiger partial charge in [0, 0.05) is 17.1 Å². The Labute approximate surface area is 157 Å². The molecule has 3 N–H and O–H groups in total. The molecule has 138 valence electrons. The second kappa shape index (κ2) is 8.23. The largest absolute Gasteiger partial charge is 0.459 e. The lowest BCUT2D eigenvalue weighted by atomic mass is 10.1. The number of furan rings is 1. The molecular weight excluding hydrogens is 342 g/mol. The van der Waals surface area contributed by atoms with E-state index in [4.69, 9.17) is 4.42 Å². The Kier molecular flexibility index (Phi) is 5.56. The first-order valence-electron chi connectivity index (χ1n) is 8.58. The third-order valence-corrected chi connectivity index (χ3v) is 4.20. The monoisotopic (exact) mass is 363 g/mol. The molecule has 0 aliphatic heterocycles. The van der Waals surface area contributed by atoms with Crippen molar-refractivity contribution in [2.75, 3.05) is 22.5 Å².